The van der Waals surface area contributed by atoms with E-state index >= 15 is 0 Å². The van der Waals surface area contributed by atoms with Crippen LogP contribution in [-0.2, 0) is 24.9 Å². The summed E-state index contributed by atoms with van der Waals surface area (Å²) in [6, 6.07) is 21.9. The van der Waals surface area contributed by atoms with E-state index in [1.807, 2.05) is 72.0 Å². The van der Waals surface area contributed by atoms with Gasteiger partial charge in [0.05, 0.1) is 0 Å². The topological polar surface area (TPSA) is 50.2 Å². The van der Waals surface area contributed by atoms with Gasteiger partial charge in [0.2, 0.25) is 0 Å². The first-order chi connectivity index (χ1) is 15.3. The number of aromatic nitrogens is 1. The minimum atomic E-state index is -0.417. The fourth-order valence-electron chi connectivity index (χ4n) is 3.01. The van der Waals surface area contributed by atoms with Crippen LogP contribution in [0.15, 0.2) is 72.6 Å². The van der Waals surface area contributed by atoms with Crippen molar-refractivity contribution < 1.29 is 30.0 Å². The van der Waals surface area contributed by atoms with Crippen LogP contribution in [-0.4, -0.2) is 15.9 Å². The van der Waals surface area contributed by atoms with Crippen LogP contribution in [0.25, 0.3) is 22.4 Å². The van der Waals surface area contributed by atoms with Crippen molar-refractivity contribution in [3.05, 3.63) is 89.8 Å². The summed E-state index contributed by atoms with van der Waals surface area (Å²) in [5, 5.41) is 9.56. The average Bonchev–Trinajstić information content (AvgIpc) is 2.73. The maximum absolute atomic E-state index is 11.5. The SMILES string of the molecule is CC(C)(C)C(=O)/C=C(\O)C(C)(C)C.Cc1cc(C)cc(-c2ccnc(-c3[c-]cccc3)c2)c1.[Ir]. The van der Waals surface area contributed by atoms with Crippen LogP contribution >= 0.6 is 0 Å². The number of aryl methyl sites for hydroxylation is 2. The van der Waals surface area contributed by atoms with Gasteiger partial charge in [-0.2, -0.15) is 0 Å². The second-order valence-electron chi connectivity index (χ2n) is 10.5. The molecule has 0 bridgehead atoms. The number of ketones is 1. The van der Waals surface area contributed by atoms with E-state index in [0.717, 1.165) is 11.3 Å². The van der Waals surface area contributed by atoms with Crippen molar-refractivity contribution in [1.29, 1.82) is 0 Å². The molecule has 0 amide bonds. The molecule has 0 aliphatic heterocycles. The Morgan fingerprint density at radius 3 is 2.00 bits per heavy atom. The number of benzene rings is 2. The summed E-state index contributed by atoms with van der Waals surface area (Å²) in [5.41, 5.74) is 6.22. The monoisotopic (exact) mass is 635 g/mol. The van der Waals surface area contributed by atoms with Gasteiger partial charge < -0.3 is 10.1 Å². The quantitative estimate of drug-likeness (QED) is 0.181. The van der Waals surface area contributed by atoms with Crippen molar-refractivity contribution in [2.45, 2.75) is 55.4 Å². The Bertz CT molecular complexity index is 1100. The molecule has 0 aliphatic rings. The number of aliphatic hydroxyl groups excluding tert-OH is 1. The molecule has 0 saturated carbocycles. The summed E-state index contributed by atoms with van der Waals surface area (Å²) < 4.78 is 0. The van der Waals surface area contributed by atoms with Gasteiger partial charge in [0.25, 0.3) is 0 Å². The van der Waals surface area contributed by atoms with Crippen LogP contribution in [0.5, 0.6) is 0 Å². The fraction of sp³-hybridized carbons (Fsp3) is 0.333. The van der Waals surface area contributed by atoms with E-state index in [2.05, 4.69) is 55.2 Å². The second kappa shape index (κ2) is 12.2. The number of rotatable bonds is 3. The number of carbonyl (C=O) groups is 1. The molecule has 34 heavy (non-hydrogen) atoms. The standard InChI is InChI=1S/C19H16N.C11H20O2.Ir/c1-14-10-15(2)12-18(11-14)17-8-9-20-19(13-17)16-6-4-3-5-7-16;1-10(2,3)8(12)7-9(13)11(4,5)6;/h3-6,8-13H,1-2H3;7,12H,1-6H3;/q-1;;/b;8-7-;. The minimum Gasteiger partial charge on any atom is -0.512 e. The molecule has 3 aromatic rings. The smallest absolute Gasteiger partial charge is 0.164 e. The van der Waals surface area contributed by atoms with Gasteiger partial charge in [-0.25, -0.2) is 0 Å². The van der Waals surface area contributed by atoms with Crippen LogP contribution in [0.4, 0.5) is 0 Å². The number of hydrogen-bond donors (Lipinski definition) is 1. The van der Waals surface area contributed by atoms with Crippen molar-refractivity contribution in [2.24, 2.45) is 10.8 Å². The first kappa shape index (κ1) is 29.5. The minimum absolute atomic E-state index is 0. The Kier molecular flexibility index (Phi) is 10.6. The molecule has 1 heterocycles. The summed E-state index contributed by atoms with van der Waals surface area (Å²) in [5.74, 6) is 0.104. The zero-order valence-electron chi connectivity index (χ0n) is 21.5. The molecule has 3 nitrogen and oxygen atoms in total. The van der Waals surface area contributed by atoms with Crippen LogP contribution in [0.2, 0.25) is 0 Å². The van der Waals surface area contributed by atoms with E-state index in [-0.39, 0.29) is 37.1 Å². The molecule has 0 aliphatic carbocycles. The van der Waals surface area contributed by atoms with E-state index in [1.54, 1.807) is 0 Å². The van der Waals surface area contributed by atoms with E-state index in [9.17, 15) is 9.90 Å². The number of aliphatic hydroxyl groups is 1. The summed E-state index contributed by atoms with van der Waals surface area (Å²) in [4.78, 5) is 15.9. The second-order valence-corrected chi connectivity index (χ2v) is 10.5. The van der Waals surface area contributed by atoms with Crippen LogP contribution < -0.4 is 0 Å². The van der Waals surface area contributed by atoms with Crippen molar-refractivity contribution in [3.8, 4) is 22.4 Å². The maximum Gasteiger partial charge on any atom is 0.164 e. The third-order valence-corrected chi connectivity index (χ3v) is 5.08. The van der Waals surface area contributed by atoms with Gasteiger partial charge in [-0.05, 0) is 36.7 Å². The number of carbonyl (C=O) groups excluding carboxylic acids is 1. The molecule has 4 heteroatoms. The summed E-state index contributed by atoms with van der Waals surface area (Å²) in [6.07, 6.45) is 3.20. The molecule has 3 rings (SSSR count). The van der Waals surface area contributed by atoms with E-state index in [1.165, 1.54) is 28.3 Å². The van der Waals surface area contributed by atoms with Crippen LogP contribution in [0, 0.1) is 30.7 Å². The van der Waals surface area contributed by atoms with E-state index in [0.29, 0.717) is 0 Å². The van der Waals surface area contributed by atoms with Gasteiger partial charge in [0.1, 0.15) is 5.76 Å². The molecule has 1 radical (unpaired) electrons. The zero-order valence-corrected chi connectivity index (χ0v) is 23.9. The van der Waals surface area contributed by atoms with Crippen molar-refractivity contribution in [2.75, 3.05) is 0 Å². The Morgan fingerprint density at radius 2 is 1.50 bits per heavy atom. The number of hydrogen-bond acceptors (Lipinski definition) is 3. The molecule has 0 saturated heterocycles. The van der Waals surface area contributed by atoms with Crippen molar-refractivity contribution >= 4 is 5.78 Å². The van der Waals surface area contributed by atoms with Crippen molar-refractivity contribution in [1.82, 2.24) is 4.98 Å². The summed E-state index contributed by atoms with van der Waals surface area (Å²) in [7, 11) is 0. The predicted octanol–water partition coefficient (Wildman–Crippen LogP) is 7.92. The molecule has 183 valence electrons. The molecule has 2 aromatic carbocycles. The van der Waals surface area contributed by atoms with Gasteiger partial charge in [-0.1, -0.05) is 76.9 Å². The zero-order chi connectivity index (χ0) is 24.8. The predicted molar refractivity (Wildman–Crippen MR) is 138 cm³/mol. The van der Waals surface area contributed by atoms with E-state index in [4.69, 9.17) is 0 Å². The fourth-order valence-corrected chi connectivity index (χ4v) is 3.01. The summed E-state index contributed by atoms with van der Waals surface area (Å²) in [6.45, 7) is 15.4. The number of nitrogens with zero attached hydrogens (tertiary/aromatic N) is 1. The number of pyridine rings is 1. The van der Waals surface area contributed by atoms with Gasteiger partial charge in [-0.15, -0.1) is 35.9 Å². The molecule has 1 aromatic heterocycles. The molecular weight excluding hydrogens is 599 g/mol. The molecule has 1 N–H and O–H groups in total. The Balaban J connectivity index is 0.000000364. The molecule has 0 fully saturated rings. The number of allylic oxidation sites excluding steroid dienone is 2. The Labute approximate surface area is 218 Å². The third-order valence-electron chi connectivity index (χ3n) is 5.08. The normalized spacial score (nSPS) is 11.7. The third kappa shape index (κ3) is 9.00. The Hall–Kier alpha value is -2.55. The van der Waals surface area contributed by atoms with Gasteiger partial charge in [0.15, 0.2) is 5.78 Å². The first-order valence-electron chi connectivity index (χ1n) is 11.2. The molecular formula is C30H36IrNO2-. The average molecular weight is 635 g/mol. The van der Waals surface area contributed by atoms with Crippen LogP contribution in [0.3, 0.4) is 0 Å². The molecule has 0 spiro atoms. The maximum atomic E-state index is 11.5. The first-order valence-corrected chi connectivity index (χ1v) is 11.2. The van der Waals surface area contributed by atoms with Gasteiger partial charge in [-0.3, -0.25) is 4.79 Å². The van der Waals surface area contributed by atoms with Crippen LogP contribution in [0.1, 0.15) is 52.7 Å². The van der Waals surface area contributed by atoms with E-state index < -0.39 is 5.41 Å². The largest absolute Gasteiger partial charge is 0.512 e. The van der Waals surface area contributed by atoms with Gasteiger partial charge >= 0.3 is 0 Å². The Morgan fingerprint density at radius 1 is 0.882 bits per heavy atom. The molecule has 0 atom stereocenters. The summed E-state index contributed by atoms with van der Waals surface area (Å²) >= 11 is 0. The van der Waals surface area contributed by atoms with Crippen molar-refractivity contribution in [3.63, 3.8) is 0 Å². The molecule has 0 unspecified atom stereocenters. The van der Waals surface area contributed by atoms with Gasteiger partial charge in [0, 0.05) is 43.2 Å².